The van der Waals surface area contributed by atoms with Crippen molar-refractivity contribution in [1.29, 1.82) is 0 Å². The molecule has 1 aromatic carbocycles. The van der Waals surface area contributed by atoms with Gasteiger partial charge in [0.1, 0.15) is 0 Å². The first kappa shape index (κ1) is 10.9. The number of carbonyl (C=O) groups is 1. The van der Waals surface area contributed by atoms with E-state index in [9.17, 15) is 4.79 Å². The molecular formula is C13H13NOS. The number of anilines is 2. The number of hydrogen-bond acceptors (Lipinski definition) is 3. The summed E-state index contributed by atoms with van der Waals surface area (Å²) in [5.41, 5.74) is 2.24. The fourth-order valence-corrected chi connectivity index (χ4v) is 2.36. The number of thiophene rings is 1. The Labute approximate surface area is 99.1 Å². The molecule has 2 nitrogen and oxygen atoms in total. The fourth-order valence-electron chi connectivity index (χ4n) is 1.67. The van der Waals surface area contributed by atoms with Crippen molar-refractivity contribution >= 4 is 29.0 Å². The molecule has 0 N–H and O–H groups in total. The topological polar surface area (TPSA) is 20.3 Å². The molecule has 1 heterocycles. The van der Waals surface area contributed by atoms with Gasteiger partial charge in [-0.1, -0.05) is 18.2 Å². The molecule has 0 amide bonds. The average Bonchev–Trinajstić information content (AvgIpc) is 2.80. The molecule has 3 heteroatoms. The molecule has 0 saturated heterocycles. The minimum atomic E-state index is 0.768. The van der Waals surface area contributed by atoms with Crippen molar-refractivity contribution in [2.24, 2.45) is 0 Å². The molecule has 1 aromatic heterocycles. The zero-order chi connectivity index (χ0) is 11.4. The molecule has 0 saturated carbocycles. The lowest BCUT2D eigenvalue weighted by Crippen LogP contribution is -2.14. The summed E-state index contributed by atoms with van der Waals surface area (Å²) in [6.45, 7) is 2.99. The molecule has 82 valence electrons. The van der Waals surface area contributed by atoms with Crippen molar-refractivity contribution < 1.29 is 4.79 Å². The number of carbonyl (C=O) groups excluding carboxylic acids is 1. The van der Waals surface area contributed by atoms with Gasteiger partial charge >= 0.3 is 0 Å². The van der Waals surface area contributed by atoms with Gasteiger partial charge in [-0.3, -0.25) is 4.79 Å². The molecular weight excluding hydrogens is 218 g/mol. The summed E-state index contributed by atoms with van der Waals surface area (Å²) in [7, 11) is 0. The Bertz CT molecular complexity index is 464. The molecule has 0 radical (unpaired) electrons. The molecule has 0 spiro atoms. The standard InChI is InChI=1S/C13H13NOS/c1-2-14(11-6-4-3-5-7-11)12-8-13(9-15)16-10-12/h3-10H,2H2,1H3. The maximum Gasteiger partial charge on any atom is 0.160 e. The maximum absolute atomic E-state index is 10.7. The molecule has 0 atom stereocenters. The van der Waals surface area contributed by atoms with Gasteiger partial charge in [-0.2, -0.15) is 0 Å². The van der Waals surface area contributed by atoms with E-state index in [1.54, 1.807) is 0 Å². The highest BCUT2D eigenvalue weighted by atomic mass is 32.1. The molecule has 0 aliphatic carbocycles. The van der Waals surface area contributed by atoms with E-state index in [-0.39, 0.29) is 0 Å². The Kier molecular flexibility index (Phi) is 3.37. The van der Waals surface area contributed by atoms with E-state index in [0.29, 0.717) is 0 Å². The lowest BCUT2D eigenvalue weighted by Gasteiger charge is -2.21. The molecule has 0 aliphatic rings. The van der Waals surface area contributed by atoms with Gasteiger partial charge in [0.15, 0.2) is 6.29 Å². The predicted octanol–water partition coefficient (Wildman–Crippen LogP) is 3.72. The van der Waals surface area contributed by atoms with Crippen LogP contribution in [0.3, 0.4) is 0 Å². The number of benzene rings is 1. The zero-order valence-corrected chi connectivity index (χ0v) is 9.91. The van der Waals surface area contributed by atoms with Crippen molar-refractivity contribution in [2.45, 2.75) is 6.92 Å². The monoisotopic (exact) mass is 231 g/mol. The predicted molar refractivity (Wildman–Crippen MR) is 68.8 cm³/mol. The fraction of sp³-hybridized carbons (Fsp3) is 0.154. The quantitative estimate of drug-likeness (QED) is 0.747. The summed E-state index contributed by atoms with van der Waals surface area (Å²) in [4.78, 5) is 13.6. The Morgan fingerprint density at radius 1 is 1.25 bits per heavy atom. The average molecular weight is 231 g/mol. The Hall–Kier alpha value is -1.61. The third-order valence-electron chi connectivity index (χ3n) is 2.42. The number of nitrogens with zero attached hydrogens (tertiary/aromatic N) is 1. The summed E-state index contributed by atoms with van der Waals surface area (Å²) in [5, 5.41) is 2.01. The van der Waals surface area contributed by atoms with E-state index >= 15 is 0 Å². The number of hydrogen-bond donors (Lipinski definition) is 0. The second kappa shape index (κ2) is 4.94. The van der Waals surface area contributed by atoms with E-state index in [0.717, 1.165) is 29.1 Å². The van der Waals surface area contributed by atoms with Gasteiger partial charge in [0.05, 0.1) is 10.6 Å². The maximum atomic E-state index is 10.7. The second-order valence-electron chi connectivity index (χ2n) is 3.40. The van der Waals surface area contributed by atoms with Gasteiger partial charge in [-0.05, 0) is 25.1 Å². The summed E-state index contributed by atoms with van der Waals surface area (Å²) in [6.07, 6.45) is 0.896. The van der Waals surface area contributed by atoms with Crippen LogP contribution in [0, 0.1) is 0 Å². The van der Waals surface area contributed by atoms with Crippen LogP contribution in [0.2, 0.25) is 0 Å². The number of rotatable bonds is 4. The van der Waals surface area contributed by atoms with Crippen LogP contribution < -0.4 is 4.90 Å². The van der Waals surface area contributed by atoms with Crippen molar-refractivity contribution in [3.8, 4) is 0 Å². The Balaban J connectivity index is 2.32. The highest BCUT2D eigenvalue weighted by Crippen LogP contribution is 2.28. The molecule has 0 aliphatic heterocycles. The summed E-state index contributed by atoms with van der Waals surface area (Å²) in [5.74, 6) is 0. The van der Waals surface area contributed by atoms with E-state index in [1.165, 1.54) is 11.3 Å². The number of para-hydroxylation sites is 1. The van der Waals surface area contributed by atoms with Gasteiger partial charge in [-0.25, -0.2) is 0 Å². The second-order valence-corrected chi connectivity index (χ2v) is 4.35. The first-order chi connectivity index (χ1) is 7.85. The van der Waals surface area contributed by atoms with Crippen molar-refractivity contribution in [3.63, 3.8) is 0 Å². The lowest BCUT2D eigenvalue weighted by atomic mass is 10.2. The first-order valence-electron chi connectivity index (χ1n) is 5.21. The third-order valence-corrected chi connectivity index (χ3v) is 3.26. The largest absolute Gasteiger partial charge is 0.341 e. The Morgan fingerprint density at radius 3 is 2.56 bits per heavy atom. The SMILES string of the molecule is CCN(c1ccccc1)c1csc(C=O)c1. The molecule has 2 aromatic rings. The highest BCUT2D eigenvalue weighted by molar-refractivity contribution is 7.12. The molecule has 0 unspecified atom stereocenters. The van der Waals surface area contributed by atoms with Gasteiger partial charge in [0, 0.05) is 17.6 Å². The zero-order valence-electron chi connectivity index (χ0n) is 9.09. The molecule has 2 rings (SSSR count). The van der Waals surface area contributed by atoms with E-state index < -0.39 is 0 Å². The highest BCUT2D eigenvalue weighted by Gasteiger charge is 2.08. The normalized spacial score (nSPS) is 10.1. The van der Waals surface area contributed by atoms with E-state index in [2.05, 4.69) is 24.0 Å². The van der Waals surface area contributed by atoms with Crippen LogP contribution in [0.1, 0.15) is 16.6 Å². The summed E-state index contributed by atoms with van der Waals surface area (Å²) < 4.78 is 0. The van der Waals surface area contributed by atoms with Crippen LogP contribution in [0.15, 0.2) is 41.8 Å². The van der Waals surface area contributed by atoms with Gasteiger partial charge < -0.3 is 4.90 Å². The van der Waals surface area contributed by atoms with Crippen LogP contribution in [-0.4, -0.2) is 12.8 Å². The number of aldehydes is 1. The molecule has 0 fully saturated rings. The van der Waals surface area contributed by atoms with E-state index in [4.69, 9.17) is 0 Å². The first-order valence-corrected chi connectivity index (χ1v) is 6.09. The minimum Gasteiger partial charge on any atom is -0.341 e. The van der Waals surface area contributed by atoms with Crippen molar-refractivity contribution in [2.75, 3.05) is 11.4 Å². The van der Waals surface area contributed by atoms with Crippen LogP contribution in [0.4, 0.5) is 11.4 Å². The van der Waals surface area contributed by atoms with Gasteiger partial charge in [0.2, 0.25) is 0 Å². The minimum absolute atomic E-state index is 0.768. The Morgan fingerprint density at radius 2 is 2.00 bits per heavy atom. The van der Waals surface area contributed by atoms with E-state index in [1.807, 2.05) is 29.6 Å². The van der Waals surface area contributed by atoms with Crippen LogP contribution in [0.25, 0.3) is 0 Å². The van der Waals surface area contributed by atoms with Gasteiger partial charge in [-0.15, -0.1) is 11.3 Å². The lowest BCUT2D eigenvalue weighted by molar-refractivity contribution is 0.112. The van der Waals surface area contributed by atoms with Gasteiger partial charge in [0.25, 0.3) is 0 Å². The van der Waals surface area contributed by atoms with Crippen molar-refractivity contribution in [1.82, 2.24) is 0 Å². The third kappa shape index (κ3) is 2.14. The van der Waals surface area contributed by atoms with Crippen LogP contribution in [-0.2, 0) is 0 Å². The smallest absolute Gasteiger partial charge is 0.160 e. The van der Waals surface area contributed by atoms with Crippen LogP contribution >= 0.6 is 11.3 Å². The van der Waals surface area contributed by atoms with Crippen LogP contribution in [0.5, 0.6) is 0 Å². The summed E-state index contributed by atoms with van der Waals surface area (Å²) in [6, 6.07) is 12.1. The van der Waals surface area contributed by atoms with Crippen molar-refractivity contribution in [3.05, 3.63) is 46.7 Å². The molecule has 0 bridgehead atoms. The summed E-state index contributed by atoms with van der Waals surface area (Å²) >= 11 is 1.48. The molecule has 16 heavy (non-hydrogen) atoms.